The topological polar surface area (TPSA) is 0 Å². The second-order valence-electron chi connectivity index (χ2n) is 3.66. The van der Waals surface area contributed by atoms with Crippen molar-refractivity contribution >= 4 is 15.9 Å². The molecule has 2 aromatic rings. The van der Waals surface area contributed by atoms with Crippen molar-refractivity contribution in [1.82, 2.24) is 0 Å². The van der Waals surface area contributed by atoms with E-state index in [9.17, 15) is 17.6 Å². The molecule has 0 amide bonds. The number of hydrogen-bond donors (Lipinski definition) is 0. The third kappa shape index (κ3) is 2.41. The smallest absolute Gasteiger partial charge is 0.130 e. The molecule has 0 bridgehead atoms. The van der Waals surface area contributed by atoms with E-state index in [4.69, 9.17) is 0 Å². The zero-order valence-electron chi connectivity index (χ0n) is 8.93. The Morgan fingerprint density at radius 1 is 0.833 bits per heavy atom. The molecule has 0 aliphatic rings. The lowest BCUT2D eigenvalue weighted by Crippen LogP contribution is -2.03. The van der Waals surface area contributed by atoms with Crippen LogP contribution in [0.5, 0.6) is 0 Å². The van der Waals surface area contributed by atoms with E-state index in [0.717, 1.165) is 24.3 Å². The van der Waals surface area contributed by atoms with E-state index in [-0.39, 0.29) is 11.1 Å². The first-order valence-corrected chi connectivity index (χ1v) is 5.95. The molecule has 2 rings (SSSR count). The Labute approximate surface area is 109 Å². The molecule has 2 aromatic carbocycles. The van der Waals surface area contributed by atoms with Gasteiger partial charge in [0.2, 0.25) is 0 Å². The van der Waals surface area contributed by atoms with Crippen molar-refractivity contribution in [3.8, 4) is 0 Å². The monoisotopic (exact) mass is 318 g/mol. The third-order valence-corrected chi connectivity index (χ3v) is 3.44. The molecule has 5 heteroatoms. The molecule has 0 aromatic heterocycles. The minimum atomic E-state index is -1.01. The first kappa shape index (κ1) is 13.1. The van der Waals surface area contributed by atoms with Crippen molar-refractivity contribution in [2.24, 2.45) is 0 Å². The highest BCUT2D eigenvalue weighted by Crippen LogP contribution is 2.35. The maximum Gasteiger partial charge on any atom is 0.130 e. The van der Waals surface area contributed by atoms with Crippen molar-refractivity contribution in [3.63, 3.8) is 0 Å². The summed E-state index contributed by atoms with van der Waals surface area (Å²) < 4.78 is 53.4. The molecule has 0 radical (unpaired) electrons. The van der Waals surface area contributed by atoms with Crippen molar-refractivity contribution in [1.29, 1.82) is 0 Å². The Balaban J connectivity index is 2.51. The molecule has 0 aliphatic heterocycles. The van der Waals surface area contributed by atoms with Crippen LogP contribution in [-0.4, -0.2) is 0 Å². The number of hydrogen-bond acceptors (Lipinski definition) is 0. The lowest BCUT2D eigenvalue weighted by molar-refractivity contribution is 0.550. The van der Waals surface area contributed by atoms with Gasteiger partial charge in [-0.05, 0) is 18.2 Å². The van der Waals surface area contributed by atoms with Gasteiger partial charge < -0.3 is 0 Å². The molecular weight excluding hydrogens is 312 g/mol. The molecule has 0 N–H and O–H groups in total. The molecule has 1 atom stereocenters. The summed E-state index contributed by atoms with van der Waals surface area (Å²) in [7, 11) is 0. The lowest BCUT2D eigenvalue weighted by atomic mass is 10.0. The van der Waals surface area contributed by atoms with Gasteiger partial charge in [-0.3, -0.25) is 0 Å². The van der Waals surface area contributed by atoms with Crippen LogP contribution in [0.3, 0.4) is 0 Å². The van der Waals surface area contributed by atoms with Gasteiger partial charge in [0.1, 0.15) is 23.3 Å². The summed E-state index contributed by atoms with van der Waals surface area (Å²) in [5.74, 6) is -3.19. The quantitative estimate of drug-likeness (QED) is 0.555. The summed E-state index contributed by atoms with van der Waals surface area (Å²) >= 11 is 3.03. The van der Waals surface area contributed by atoms with Crippen LogP contribution in [0.4, 0.5) is 17.6 Å². The molecule has 0 nitrogen and oxygen atoms in total. The van der Waals surface area contributed by atoms with Crippen LogP contribution in [0.25, 0.3) is 0 Å². The lowest BCUT2D eigenvalue weighted by Gasteiger charge is -2.13. The van der Waals surface area contributed by atoms with Crippen LogP contribution >= 0.6 is 15.9 Å². The van der Waals surface area contributed by atoms with Crippen LogP contribution in [0.2, 0.25) is 0 Å². The molecule has 0 heterocycles. The van der Waals surface area contributed by atoms with Crippen molar-refractivity contribution in [3.05, 3.63) is 70.8 Å². The highest BCUT2D eigenvalue weighted by molar-refractivity contribution is 9.09. The molecule has 0 saturated carbocycles. The van der Waals surface area contributed by atoms with Gasteiger partial charge in [-0.25, -0.2) is 17.6 Å². The molecule has 0 spiro atoms. The Morgan fingerprint density at radius 3 is 2.00 bits per heavy atom. The van der Waals surface area contributed by atoms with Crippen LogP contribution in [0, 0.1) is 23.3 Å². The minimum Gasteiger partial charge on any atom is -0.207 e. The third-order valence-electron chi connectivity index (χ3n) is 2.49. The van der Waals surface area contributed by atoms with Crippen LogP contribution in [0.1, 0.15) is 16.0 Å². The van der Waals surface area contributed by atoms with Crippen molar-refractivity contribution < 1.29 is 17.6 Å². The standard InChI is InChI=1S/C13H7BrF4/c14-13(8-5-4-7(15)6-11(8)18)12-9(16)2-1-3-10(12)17/h1-6,13H. The van der Waals surface area contributed by atoms with Gasteiger partial charge in [0.15, 0.2) is 0 Å². The first-order valence-electron chi connectivity index (χ1n) is 5.03. The zero-order valence-corrected chi connectivity index (χ0v) is 10.5. The van der Waals surface area contributed by atoms with Crippen LogP contribution < -0.4 is 0 Å². The van der Waals surface area contributed by atoms with Gasteiger partial charge >= 0.3 is 0 Å². The SMILES string of the molecule is Fc1ccc(C(Br)c2c(F)cccc2F)c(F)c1. The Bertz CT molecular complexity index is 563. The van der Waals surface area contributed by atoms with E-state index in [1.165, 1.54) is 6.07 Å². The molecule has 0 aliphatic carbocycles. The summed E-state index contributed by atoms with van der Waals surface area (Å²) in [5.41, 5.74) is -0.330. The Kier molecular flexibility index (Phi) is 3.71. The number of alkyl halides is 1. The molecule has 94 valence electrons. The van der Waals surface area contributed by atoms with Gasteiger partial charge in [0.25, 0.3) is 0 Å². The van der Waals surface area contributed by atoms with E-state index in [1.807, 2.05) is 0 Å². The van der Waals surface area contributed by atoms with Gasteiger partial charge in [-0.1, -0.05) is 28.1 Å². The van der Waals surface area contributed by atoms with E-state index >= 15 is 0 Å². The van der Waals surface area contributed by atoms with E-state index in [1.54, 1.807) is 0 Å². The fraction of sp³-hybridized carbons (Fsp3) is 0.0769. The predicted molar refractivity (Wildman–Crippen MR) is 63.5 cm³/mol. The summed E-state index contributed by atoms with van der Waals surface area (Å²) in [6.07, 6.45) is 0. The zero-order chi connectivity index (χ0) is 13.3. The summed E-state index contributed by atoms with van der Waals surface area (Å²) in [4.78, 5) is -1.01. The number of rotatable bonds is 2. The summed E-state index contributed by atoms with van der Waals surface area (Å²) in [5, 5.41) is 0. The highest BCUT2D eigenvalue weighted by atomic mass is 79.9. The molecular formula is C13H7BrF4. The predicted octanol–water partition coefficient (Wildman–Crippen LogP) is 4.73. The minimum absolute atomic E-state index is 0.0274. The van der Waals surface area contributed by atoms with Gasteiger partial charge in [-0.15, -0.1) is 0 Å². The van der Waals surface area contributed by atoms with Crippen LogP contribution in [0.15, 0.2) is 36.4 Å². The normalized spacial score (nSPS) is 12.5. The number of benzene rings is 2. The van der Waals surface area contributed by atoms with E-state index in [2.05, 4.69) is 15.9 Å². The molecule has 1 unspecified atom stereocenters. The average Bonchev–Trinajstić information content (AvgIpc) is 2.28. The maximum absolute atomic E-state index is 13.5. The average molecular weight is 319 g/mol. The Hall–Kier alpha value is -1.36. The van der Waals surface area contributed by atoms with Crippen LogP contribution in [-0.2, 0) is 0 Å². The van der Waals surface area contributed by atoms with E-state index in [0.29, 0.717) is 6.07 Å². The highest BCUT2D eigenvalue weighted by Gasteiger charge is 2.22. The maximum atomic E-state index is 13.5. The fourth-order valence-electron chi connectivity index (χ4n) is 1.62. The molecule has 0 fully saturated rings. The first-order chi connectivity index (χ1) is 8.50. The van der Waals surface area contributed by atoms with Gasteiger partial charge in [0.05, 0.1) is 4.83 Å². The second-order valence-corrected chi connectivity index (χ2v) is 4.58. The fourth-order valence-corrected chi connectivity index (χ4v) is 2.42. The second kappa shape index (κ2) is 5.10. The van der Waals surface area contributed by atoms with E-state index < -0.39 is 28.1 Å². The van der Waals surface area contributed by atoms with Crippen molar-refractivity contribution in [2.45, 2.75) is 4.83 Å². The number of halogens is 5. The molecule has 18 heavy (non-hydrogen) atoms. The van der Waals surface area contributed by atoms with Gasteiger partial charge in [-0.2, -0.15) is 0 Å². The Morgan fingerprint density at radius 2 is 1.44 bits per heavy atom. The van der Waals surface area contributed by atoms with Gasteiger partial charge in [0, 0.05) is 17.2 Å². The summed E-state index contributed by atoms with van der Waals surface area (Å²) in [6.45, 7) is 0. The molecule has 0 saturated heterocycles. The largest absolute Gasteiger partial charge is 0.207 e. The van der Waals surface area contributed by atoms with Crippen molar-refractivity contribution in [2.75, 3.05) is 0 Å². The summed E-state index contributed by atoms with van der Waals surface area (Å²) in [6, 6.07) is 6.22.